The topological polar surface area (TPSA) is 102 Å². The summed E-state index contributed by atoms with van der Waals surface area (Å²) in [5.74, 6) is 0.912. The molecule has 0 spiro atoms. The molecule has 186 valence electrons. The number of hydrogen-bond donors (Lipinski definition) is 2. The first-order chi connectivity index (χ1) is 17.5. The van der Waals surface area contributed by atoms with Gasteiger partial charge in [0.15, 0.2) is 11.5 Å². The van der Waals surface area contributed by atoms with Gasteiger partial charge in [-0.25, -0.2) is 4.98 Å². The molecule has 1 aliphatic rings. The lowest BCUT2D eigenvalue weighted by molar-refractivity contribution is 0.102. The molecule has 11 heteroatoms. The summed E-state index contributed by atoms with van der Waals surface area (Å²) in [6.45, 7) is 3.07. The van der Waals surface area contributed by atoms with Gasteiger partial charge in [-0.05, 0) is 36.4 Å². The average molecular weight is 528 g/mol. The summed E-state index contributed by atoms with van der Waals surface area (Å²) < 4.78 is 16.1. The van der Waals surface area contributed by atoms with Crippen LogP contribution in [0, 0.1) is 0 Å². The second-order valence-electron chi connectivity index (χ2n) is 8.05. The largest absolute Gasteiger partial charge is 0.495 e. The van der Waals surface area contributed by atoms with Crippen LogP contribution in [0.4, 0.5) is 11.5 Å². The van der Waals surface area contributed by atoms with Crippen LogP contribution in [-0.4, -0.2) is 61.6 Å². The third-order valence-corrected chi connectivity index (χ3v) is 6.74. The number of carbonyl (C=O) groups is 1. The quantitative estimate of drug-likeness (QED) is 0.362. The third-order valence-electron chi connectivity index (χ3n) is 5.99. The number of pyridine rings is 1. The van der Waals surface area contributed by atoms with Crippen LogP contribution in [0.1, 0.15) is 10.4 Å². The standard InChI is InChI=1S/C25H23Cl2N5O4/c1-34-18-13-19(35-2)22(27)20(21(18)26)17-8-7-16-23(28-17)30-31-24(16)29-25(33)14-3-5-15(6-4-14)32-9-11-36-12-10-32/h3-8,13H,9-12H2,1-2H3,(H2,28,29,30,31,33). The number of morpholine rings is 1. The zero-order valence-electron chi connectivity index (χ0n) is 19.6. The van der Waals surface area contributed by atoms with Crippen LogP contribution in [0.3, 0.4) is 0 Å². The van der Waals surface area contributed by atoms with Crippen molar-refractivity contribution in [3.63, 3.8) is 0 Å². The molecule has 0 saturated carbocycles. The number of H-pyrrole nitrogens is 1. The SMILES string of the molecule is COc1cc(OC)c(Cl)c(-c2ccc3c(NC(=O)c4ccc(N5CCOCC5)cc4)n[nH]c3n2)c1Cl. The lowest BCUT2D eigenvalue weighted by Crippen LogP contribution is -2.36. The normalized spacial score (nSPS) is 13.6. The zero-order valence-corrected chi connectivity index (χ0v) is 21.1. The molecule has 1 saturated heterocycles. The number of benzene rings is 2. The maximum absolute atomic E-state index is 12.9. The van der Waals surface area contributed by atoms with Crippen LogP contribution < -0.4 is 19.7 Å². The molecule has 4 aromatic rings. The van der Waals surface area contributed by atoms with Gasteiger partial charge in [-0.1, -0.05) is 23.2 Å². The van der Waals surface area contributed by atoms with Gasteiger partial charge in [0.25, 0.3) is 5.91 Å². The number of nitrogens with one attached hydrogen (secondary N) is 2. The van der Waals surface area contributed by atoms with E-state index in [1.807, 2.05) is 12.1 Å². The monoisotopic (exact) mass is 527 g/mol. The smallest absolute Gasteiger partial charge is 0.256 e. The molecule has 2 aromatic carbocycles. The number of halogens is 2. The van der Waals surface area contributed by atoms with E-state index < -0.39 is 0 Å². The summed E-state index contributed by atoms with van der Waals surface area (Å²) in [7, 11) is 3.02. The van der Waals surface area contributed by atoms with Gasteiger partial charge >= 0.3 is 0 Å². The highest BCUT2D eigenvalue weighted by molar-refractivity contribution is 6.41. The van der Waals surface area contributed by atoms with Crippen molar-refractivity contribution >= 4 is 51.6 Å². The highest BCUT2D eigenvalue weighted by Crippen LogP contribution is 2.45. The van der Waals surface area contributed by atoms with E-state index in [0.29, 0.717) is 68.4 Å². The number of fused-ring (bicyclic) bond motifs is 1. The Hall–Kier alpha value is -3.53. The number of anilines is 2. The molecular weight excluding hydrogens is 505 g/mol. The molecule has 0 unspecified atom stereocenters. The highest BCUT2D eigenvalue weighted by atomic mass is 35.5. The molecule has 2 aromatic heterocycles. The number of amides is 1. The van der Waals surface area contributed by atoms with Gasteiger partial charge < -0.3 is 24.4 Å². The van der Waals surface area contributed by atoms with Crippen molar-refractivity contribution in [2.24, 2.45) is 0 Å². The highest BCUT2D eigenvalue weighted by Gasteiger charge is 2.21. The lowest BCUT2D eigenvalue weighted by Gasteiger charge is -2.28. The molecule has 2 N–H and O–H groups in total. The molecule has 0 atom stereocenters. The van der Waals surface area contributed by atoms with E-state index in [1.165, 1.54) is 14.2 Å². The number of carbonyl (C=O) groups excluding carboxylic acids is 1. The number of aromatic amines is 1. The zero-order chi connectivity index (χ0) is 25.2. The summed E-state index contributed by atoms with van der Waals surface area (Å²) in [6, 6.07) is 12.6. The van der Waals surface area contributed by atoms with E-state index in [0.717, 1.165) is 18.8 Å². The Kier molecular flexibility index (Phi) is 6.86. The summed E-state index contributed by atoms with van der Waals surface area (Å²) in [6.07, 6.45) is 0. The van der Waals surface area contributed by atoms with Crippen molar-refractivity contribution in [3.8, 4) is 22.8 Å². The summed E-state index contributed by atoms with van der Waals surface area (Å²) in [5, 5.41) is 11.2. The van der Waals surface area contributed by atoms with E-state index in [1.54, 1.807) is 30.3 Å². The average Bonchev–Trinajstić information content (AvgIpc) is 3.31. The number of rotatable bonds is 6. The Morgan fingerprint density at radius 2 is 1.69 bits per heavy atom. The molecule has 9 nitrogen and oxygen atoms in total. The van der Waals surface area contributed by atoms with E-state index in [4.69, 9.17) is 37.4 Å². The number of ether oxygens (including phenoxy) is 3. The fourth-order valence-electron chi connectivity index (χ4n) is 4.07. The minimum atomic E-state index is -0.273. The van der Waals surface area contributed by atoms with Gasteiger partial charge in [0.2, 0.25) is 0 Å². The molecule has 1 fully saturated rings. The first kappa shape index (κ1) is 24.2. The second-order valence-corrected chi connectivity index (χ2v) is 8.81. The Bertz CT molecular complexity index is 1390. The van der Waals surface area contributed by atoms with Crippen LogP contribution in [0.15, 0.2) is 42.5 Å². The van der Waals surface area contributed by atoms with Crippen LogP contribution in [0.2, 0.25) is 10.0 Å². The Morgan fingerprint density at radius 1 is 1.03 bits per heavy atom. The summed E-state index contributed by atoms with van der Waals surface area (Å²) in [4.78, 5) is 19.7. The second kappa shape index (κ2) is 10.2. The molecule has 1 amide bonds. The first-order valence-electron chi connectivity index (χ1n) is 11.2. The van der Waals surface area contributed by atoms with Gasteiger partial charge in [-0.15, -0.1) is 0 Å². The van der Waals surface area contributed by atoms with Gasteiger partial charge in [-0.2, -0.15) is 5.10 Å². The predicted molar refractivity (Wildman–Crippen MR) is 140 cm³/mol. The maximum Gasteiger partial charge on any atom is 0.256 e. The minimum absolute atomic E-state index is 0.273. The minimum Gasteiger partial charge on any atom is -0.495 e. The van der Waals surface area contributed by atoms with Crippen LogP contribution in [0.25, 0.3) is 22.3 Å². The molecule has 1 aliphatic heterocycles. The van der Waals surface area contributed by atoms with Gasteiger partial charge in [0.1, 0.15) is 11.5 Å². The molecule has 36 heavy (non-hydrogen) atoms. The summed E-state index contributed by atoms with van der Waals surface area (Å²) >= 11 is 13.1. The third kappa shape index (κ3) is 4.53. The van der Waals surface area contributed by atoms with Crippen molar-refractivity contribution in [2.45, 2.75) is 0 Å². The van der Waals surface area contributed by atoms with E-state index in [9.17, 15) is 4.79 Å². The number of aromatic nitrogens is 3. The fraction of sp³-hybridized carbons (Fsp3) is 0.240. The first-order valence-corrected chi connectivity index (χ1v) is 12.0. The van der Waals surface area contributed by atoms with Crippen molar-refractivity contribution in [2.75, 3.05) is 50.7 Å². The van der Waals surface area contributed by atoms with Crippen molar-refractivity contribution < 1.29 is 19.0 Å². The van der Waals surface area contributed by atoms with Crippen LogP contribution >= 0.6 is 23.2 Å². The Balaban J connectivity index is 1.39. The fourth-order valence-corrected chi connectivity index (χ4v) is 4.77. The van der Waals surface area contributed by atoms with Gasteiger partial charge in [0.05, 0.1) is 48.6 Å². The van der Waals surface area contributed by atoms with Crippen molar-refractivity contribution in [1.82, 2.24) is 15.2 Å². The van der Waals surface area contributed by atoms with Crippen molar-refractivity contribution in [3.05, 3.63) is 58.1 Å². The van der Waals surface area contributed by atoms with E-state index in [2.05, 4.69) is 25.4 Å². The maximum atomic E-state index is 12.9. The van der Waals surface area contributed by atoms with E-state index >= 15 is 0 Å². The molecule has 0 aliphatic carbocycles. The predicted octanol–water partition coefficient (Wildman–Crippen LogP) is 5.04. The van der Waals surface area contributed by atoms with Gasteiger partial charge in [-0.3, -0.25) is 9.89 Å². The van der Waals surface area contributed by atoms with Crippen LogP contribution in [0.5, 0.6) is 11.5 Å². The molecular formula is C25H23Cl2N5O4. The van der Waals surface area contributed by atoms with Crippen LogP contribution in [-0.2, 0) is 4.74 Å². The molecule has 0 radical (unpaired) electrons. The number of hydrogen-bond acceptors (Lipinski definition) is 7. The van der Waals surface area contributed by atoms with E-state index in [-0.39, 0.29) is 5.91 Å². The Morgan fingerprint density at radius 3 is 2.33 bits per heavy atom. The number of methoxy groups -OCH3 is 2. The Labute approximate surface area is 217 Å². The molecule has 3 heterocycles. The molecule has 5 rings (SSSR count). The van der Waals surface area contributed by atoms with Crippen molar-refractivity contribution in [1.29, 1.82) is 0 Å². The number of nitrogens with zero attached hydrogens (tertiary/aromatic N) is 3. The van der Waals surface area contributed by atoms with Gasteiger partial charge in [0, 0.05) is 36.0 Å². The lowest BCUT2D eigenvalue weighted by atomic mass is 10.1. The molecule has 0 bridgehead atoms. The summed E-state index contributed by atoms with van der Waals surface area (Å²) in [5.41, 5.74) is 3.00.